The topological polar surface area (TPSA) is 119 Å². The second kappa shape index (κ2) is 12.9. The minimum absolute atomic E-state index is 0.0587. The summed E-state index contributed by atoms with van der Waals surface area (Å²) < 4.78 is 1.89. The van der Waals surface area contributed by atoms with Gasteiger partial charge in [-0.25, -0.2) is 0 Å². The number of nitrogens with one attached hydrogen (secondary N) is 1. The van der Waals surface area contributed by atoms with Crippen LogP contribution in [0.1, 0.15) is 31.8 Å². The van der Waals surface area contributed by atoms with Crippen molar-refractivity contribution in [1.82, 2.24) is 10.4 Å². The van der Waals surface area contributed by atoms with Crippen molar-refractivity contribution in [3.63, 3.8) is 0 Å². The molecular weight excluding hydrogens is 561 g/mol. The van der Waals surface area contributed by atoms with E-state index in [2.05, 4.69) is 5.48 Å². The molecule has 201 valence electrons. The molecule has 0 atom stereocenters. The van der Waals surface area contributed by atoms with Crippen molar-refractivity contribution in [3.05, 3.63) is 95.1 Å². The second-order valence-electron chi connectivity index (χ2n) is 8.96. The van der Waals surface area contributed by atoms with Crippen molar-refractivity contribution in [2.24, 2.45) is 0 Å². The number of hydrogen-bond donors (Lipinski definition) is 3. The fourth-order valence-corrected chi connectivity index (χ4v) is 6.55. The first-order chi connectivity index (χ1) is 18.8. The van der Waals surface area contributed by atoms with Crippen LogP contribution in [0.5, 0.6) is 0 Å². The van der Waals surface area contributed by atoms with Gasteiger partial charge in [0.05, 0.1) is 0 Å². The van der Waals surface area contributed by atoms with E-state index in [0.717, 1.165) is 14.3 Å². The first-order valence-electron chi connectivity index (χ1n) is 12.3. The van der Waals surface area contributed by atoms with E-state index in [4.69, 9.17) is 9.94 Å². The van der Waals surface area contributed by atoms with Gasteiger partial charge in [0, 0.05) is 0 Å². The van der Waals surface area contributed by atoms with Crippen molar-refractivity contribution in [3.8, 4) is 0 Å². The number of hydrogen-bond acceptors (Lipinski definition) is 6. The van der Waals surface area contributed by atoms with Crippen LogP contribution in [0.4, 0.5) is 5.69 Å². The maximum absolute atomic E-state index is 13.4. The van der Waals surface area contributed by atoms with E-state index in [1.807, 2.05) is 54.4 Å². The van der Waals surface area contributed by atoms with Gasteiger partial charge < -0.3 is 5.11 Å². The van der Waals surface area contributed by atoms with E-state index in [1.165, 1.54) is 17.0 Å². The molecular formula is C29H29AsN3O6. The van der Waals surface area contributed by atoms with E-state index in [9.17, 15) is 19.5 Å². The molecule has 1 heterocycles. The Labute approximate surface area is 233 Å². The van der Waals surface area contributed by atoms with Gasteiger partial charge in [0.25, 0.3) is 0 Å². The van der Waals surface area contributed by atoms with Crippen LogP contribution in [0, 0.1) is 0 Å². The Kier molecular flexibility index (Phi) is 9.32. The zero-order valence-electron chi connectivity index (χ0n) is 21.6. The number of carbonyl (C=O) groups excluding carboxylic acids is 2. The molecule has 1 aliphatic rings. The molecule has 0 fully saturated rings. The molecule has 10 heteroatoms. The quantitative estimate of drug-likeness (QED) is 0.135. The summed E-state index contributed by atoms with van der Waals surface area (Å²) in [6, 6.07) is 21.7. The number of amides is 2. The third-order valence-corrected chi connectivity index (χ3v) is 8.92. The molecule has 0 bridgehead atoms. The summed E-state index contributed by atoms with van der Waals surface area (Å²) in [6.45, 7) is 1.44. The number of aromatic carboxylic acids is 1. The maximum atomic E-state index is 13.4. The summed E-state index contributed by atoms with van der Waals surface area (Å²) in [7, 11) is 3.50. The Morgan fingerprint density at radius 1 is 0.974 bits per heavy atom. The van der Waals surface area contributed by atoms with E-state index in [1.54, 1.807) is 25.2 Å². The minimum atomic E-state index is -1.05. The number of benzene rings is 3. The first kappa shape index (κ1) is 28.3. The Hall–Kier alpha value is -3.75. The van der Waals surface area contributed by atoms with Gasteiger partial charge in [-0.3, -0.25) is 0 Å². The number of likely N-dealkylation sites (N-methyl/N-ethyl adjacent to an activating group) is 2. The average molecular weight is 590 g/mol. The van der Waals surface area contributed by atoms with E-state index in [-0.39, 0.29) is 30.6 Å². The van der Waals surface area contributed by atoms with Crippen molar-refractivity contribution < 1.29 is 29.4 Å². The monoisotopic (exact) mass is 590 g/mol. The average Bonchev–Trinajstić information content (AvgIpc) is 3.19. The molecule has 0 saturated heterocycles. The van der Waals surface area contributed by atoms with E-state index >= 15 is 0 Å². The van der Waals surface area contributed by atoms with Gasteiger partial charge in [-0.05, 0) is 0 Å². The number of rotatable bonds is 11. The number of hydroxylamine groups is 1. The number of carbonyl (C=O) groups is 3. The Balaban J connectivity index is 1.58. The van der Waals surface area contributed by atoms with Gasteiger partial charge in [-0.15, -0.1) is 0 Å². The number of fused-ring (bicyclic) bond motifs is 1. The van der Waals surface area contributed by atoms with Crippen LogP contribution in [0.15, 0.2) is 72.8 Å². The van der Waals surface area contributed by atoms with Crippen LogP contribution in [0.2, 0.25) is 0 Å². The standard InChI is InChI=1S/C29H29AsN3O6/c1-32(14-16-34)15-17-39-31-27(35)20-8-11-22(12-9-20)30-26(19-6-4-3-5-7-19)25-23-13-10-21(29(37)38)18-24(23)33(2)28(25)36/h3-13,18,34H,14-17H2,1-2H3,(H,31,35)(H,37,38). The van der Waals surface area contributed by atoms with Crippen LogP contribution >= 0.6 is 0 Å². The van der Waals surface area contributed by atoms with E-state index < -0.39 is 21.7 Å². The molecule has 0 aromatic heterocycles. The summed E-state index contributed by atoms with van der Waals surface area (Å²) in [6.07, 6.45) is 0. The van der Waals surface area contributed by atoms with Crippen molar-refractivity contribution in [2.45, 2.75) is 0 Å². The molecule has 0 aliphatic carbocycles. The number of anilines is 1. The summed E-state index contributed by atoms with van der Waals surface area (Å²) >= 11 is -0.666. The Morgan fingerprint density at radius 2 is 1.67 bits per heavy atom. The molecule has 4 rings (SSSR count). The molecule has 2 amide bonds. The fraction of sp³-hybridized carbons (Fsp3) is 0.207. The normalized spacial score (nSPS) is 14.3. The van der Waals surface area contributed by atoms with Crippen LogP contribution < -0.4 is 14.7 Å². The number of aliphatic hydroxyl groups excluding tert-OH is 1. The van der Waals surface area contributed by atoms with Crippen LogP contribution in [-0.4, -0.2) is 89.0 Å². The third-order valence-electron chi connectivity index (χ3n) is 6.27. The summed E-state index contributed by atoms with van der Waals surface area (Å²) in [4.78, 5) is 46.1. The molecule has 3 aromatic rings. The molecule has 0 saturated carbocycles. The second-order valence-corrected chi connectivity index (χ2v) is 11.4. The Bertz CT molecular complexity index is 1390. The van der Waals surface area contributed by atoms with Gasteiger partial charge in [0.1, 0.15) is 0 Å². The fourth-order valence-electron chi connectivity index (χ4n) is 4.11. The zero-order valence-corrected chi connectivity index (χ0v) is 23.5. The van der Waals surface area contributed by atoms with Crippen LogP contribution in [0.25, 0.3) is 9.93 Å². The van der Waals surface area contributed by atoms with Gasteiger partial charge in [0.15, 0.2) is 0 Å². The predicted octanol–water partition coefficient (Wildman–Crippen LogP) is 1.84. The number of aliphatic hydroxyl groups is 1. The summed E-state index contributed by atoms with van der Waals surface area (Å²) in [5.74, 6) is -1.59. The molecule has 39 heavy (non-hydrogen) atoms. The van der Waals surface area contributed by atoms with Gasteiger partial charge in [0.2, 0.25) is 0 Å². The molecule has 3 aromatic carbocycles. The molecule has 1 aliphatic heterocycles. The van der Waals surface area contributed by atoms with Gasteiger partial charge in [-0.1, -0.05) is 0 Å². The molecule has 0 unspecified atom stereocenters. The van der Waals surface area contributed by atoms with Crippen molar-refractivity contribution >= 4 is 53.5 Å². The number of carboxylic acid groups (broad SMARTS) is 1. The van der Waals surface area contributed by atoms with Crippen LogP contribution in [0.3, 0.4) is 0 Å². The molecule has 0 spiro atoms. The van der Waals surface area contributed by atoms with Crippen molar-refractivity contribution in [2.75, 3.05) is 45.3 Å². The third kappa shape index (κ3) is 6.64. The number of carboxylic acids is 1. The molecule has 9 nitrogen and oxygen atoms in total. The Morgan fingerprint density at radius 3 is 2.33 bits per heavy atom. The summed E-state index contributed by atoms with van der Waals surface area (Å²) in [5.41, 5.74) is 5.77. The number of nitrogens with zero attached hydrogens (tertiary/aromatic N) is 2. The summed E-state index contributed by atoms with van der Waals surface area (Å²) in [5, 5.41) is 18.4. The SMILES string of the molecule is CN(CCO)CCONC(=O)c1ccc([As]C(=C2C(=O)N(C)c3cc(C(=O)O)ccc32)c2ccccc2)cc1. The van der Waals surface area contributed by atoms with Crippen LogP contribution in [-0.2, 0) is 9.63 Å². The van der Waals surface area contributed by atoms with Crippen molar-refractivity contribution in [1.29, 1.82) is 0 Å². The zero-order chi connectivity index (χ0) is 27.9. The molecule has 3 N–H and O–H groups in total. The molecule has 1 radical (unpaired) electrons. The first-order valence-corrected chi connectivity index (χ1v) is 14.2. The van der Waals surface area contributed by atoms with Gasteiger partial charge >= 0.3 is 229 Å². The predicted molar refractivity (Wildman–Crippen MR) is 150 cm³/mol. The van der Waals surface area contributed by atoms with Gasteiger partial charge in [-0.2, -0.15) is 0 Å². The van der Waals surface area contributed by atoms with E-state index in [0.29, 0.717) is 35.5 Å².